The Morgan fingerprint density at radius 3 is 2.77 bits per heavy atom. The second-order valence-corrected chi connectivity index (χ2v) is 8.55. The Kier molecular flexibility index (Phi) is 4.98. The minimum atomic E-state index is 0.180. The summed E-state index contributed by atoms with van der Waals surface area (Å²) in [5, 5.41) is 7.97. The molecule has 2 aliphatic heterocycles. The van der Waals surface area contributed by atoms with Crippen LogP contribution in [0.2, 0.25) is 0 Å². The quantitative estimate of drug-likeness (QED) is 0.693. The van der Waals surface area contributed by atoms with E-state index in [1.165, 1.54) is 0 Å². The average molecular weight is 418 g/mol. The SMILES string of the molecule is COc1cc(-c2ccc3c(c2)COc2nc(N4CCC(N)C4C(C)C)ccc2-3)cnn1. The highest BCUT2D eigenvalue weighted by Crippen LogP contribution is 2.40. The number of benzene rings is 1. The van der Waals surface area contributed by atoms with Crippen LogP contribution in [0.15, 0.2) is 42.6 Å². The Bertz CT molecular complexity index is 1120. The van der Waals surface area contributed by atoms with E-state index in [4.69, 9.17) is 20.2 Å². The molecule has 0 bridgehead atoms. The van der Waals surface area contributed by atoms with E-state index in [9.17, 15) is 0 Å². The molecular weight excluding hydrogens is 390 g/mol. The van der Waals surface area contributed by atoms with Gasteiger partial charge in [-0.1, -0.05) is 26.0 Å². The predicted octanol–water partition coefficient (Wildman–Crippen LogP) is 3.67. The van der Waals surface area contributed by atoms with Crippen LogP contribution in [0.5, 0.6) is 11.8 Å². The van der Waals surface area contributed by atoms with E-state index >= 15 is 0 Å². The Morgan fingerprint density at radius 2 is 1.97 bits per heavy atom. The highest BCUT2D eigenvalue weighted by Gasteiger charge is 2.35. The molecule has 4 heterocycles. The first-order chi connectivity index (χ1) is 15.0. The Morgan fingerprint density at radius 1 is 1.13 bits per heavy atom. The largest absolute Gasteiger partial charge is 0.480 e. The third kappa shape index (κ3) is 3.49. The number of nitrogens with two attached hydrogens (primary N) is 1. The van der Waals surface area contributed by atoms with Crippen LogP contribution in [0.1, 0.15) is 25.8 Å². The number of ether oxygens (including phenoxy) is 2. The van der Waals surface area contributed by atoms with E-state index in [0.717, 1.165) is 46.6 Å². The molecule has 0 amide bonds. The Hall–Kier alpha value is -3.19. The first kappa shape index (κ1) is 19.8. The molecule has 2 N–H and O–H groups in total. The minimum Gasteiger partial charge on any atom is -0.480 e. The lowest BCUT2D eigenvalue weighted by Crippen LogP contribution is -2.43. The fourth-order valence-corrected chi connectivity index (χ4v) is 4.77. The number of methoxy groups -OCH3 is 1. The predicted molar refractivity (Wildman–Crippen MR) is 120 cm³/mol. The first-order valence-electron chi connectivity index (χ1n) is 10.7. The zero-order valence-corrected chi connectivity index (χ0v) is 18.1. The summed E-state index contributed by atoms with van der Waals surface area (Å²) in [6, 6.07) is 12.9. The van der Waals surface area contributed by atoms with E-state index < -0.39 is 0 Å². The van der Waals surface area contributed by atoms with Crippen molar-refractivity contribution in [2.24, 2.45) is 11.7 Å². The standard InChI is InChI=1S/C24H27N5O2/c1-14(2)23-20(25)8-9-29(23)21-7-6-19-18-5-4-15(10-17(18)13-31-24(19)27-21)16-11-22(30-3)28-26-12-16/h4-7,10-12,14,20,23H,8-9,13,25H2,1-3H3. The molecule has 3 aromatic rings. The zero-order chi connectivity index (χ0) is 21.5. The lowest BCUT2D eigenvalue weighted by Gasteiger charge is -2.31. The minimum absolute atomic E-state index is 0.180. The maximum absolute atomic E-state index is 6.37. The number of rotatable bonds is 4. The van der Waals surface area contributed by atoms with Crippen molar-refractivity contribution in [3.05, 3.63) is 48.2 Å². The molecule has 0 radical (unpaired) electrons. The molecule has 2 aromatic heterocycles. The van der Waals surface area contributed by atoms with Gasteiger partial charge in [-0.15, -0.1) is 5.10 Å². The van der Waals surface area contributed by atoms with Crippen molar-refractivity contribution < 1.29 is 9.47 Å². The Labute approximate surface area is 182 Å². The van der Waals surface area contributed by atoms with Crippen LogP contribution in [0, 0.1) is 5.92 Å². The highest BCUT2D eigenvalue weighted by atomic mass is 16.5. The molecule has 7 nitrogen and oxygen atoms in total. The van der Waals surface area contributed by atoms with Crippen LogP contribution in [0.4, 0.5) is 5.82 Å². The molecule has 7 heteroatoms. The second-order valence-electron chi connectivity index (χ2n) is 8.55. The van der Waals surface area contributed by atoms with Crippen LogP contribution in [0.25, 0.3) is 22.3 Å². The number of hydrogen-bond donors (Lipinski definition) is 1. The van der Waals surface area contributed by atoms with Crippen LogP contribution in [-0.2, 0) is 6.61 Å². The summed E-state index contributed by atoms with van der Waals surface area (Å²) >= 11 is 0. The lowest BCUT2D eigenvalue weighted by atomic mass is 9.95. The summed E-state index contributed by atoms with van der Waals surface area (Å²) < 4.78 is 11.3. The van der Waals surface area contributed by atoms with E-state index in [0.29, 0.717) is 30.3 Å². The van der Waals surface area contributed by atoms with Crippen molar-refractivity contribution >= 4 is 5.82 Å². The average Bonchev–Trinajstić information content (AvgIpc) is 3.20. The molecule has 0 aliphatic carbocycles. The summed E-state index contributed by atoms with van der Waals surface area (Å²) in [4.78, 5) is 7.21. The third-order valence-corrected chi connectivity index (χ3v) is 6.26. The van der Waals surface area contributed by atoms with Crippen LogP contribution in [0.3, 0.4) is 0 Å². The first-order valence-corrected chi connectivity index (χ1v) is 10.7. The van der Waals surface area contributed by atoms with E-state index in [2.05, 4.69) is 59.3 Å². The van der Waals surface area contributed by atoms with Crippen LogP contribution >= 0.6 is 0 Å². The van der Waals surface area contributed by atoms with Gasteiger partial charge in [-0.25, -0.2) is 0 Å². The number of aromatic nitrogens is 3. The monoisotopic (exact) mass is 417 g/mol. The van der Waals surface area contributed by atoms with E-state index in [1.807, 2.05) is 6.07 Å². The molecule has 31 heavy (non-hydrogen) atoms. The Balaban J connectivity index is 1.47. The van der Waals surface area contributed by atoms with Gasteiger partial charge in [-0.2, -0.15) is 10.1 Å². The van der Waals surface area contributed by atoms with Gasteiger partial charge >= 0.3 is 0 Å². The van der Waals surface area contributed by atoms with Gasteiger partial charge in [-0.3, -0.25) is 0 Å². The number of hydrogen-bond acceptors (Lipinski definition) is 7. The normalized spacial score (nSPS) is 19.7. The molecule has 2 aliphatic rings. The fraction of sp³-hybridized carbons (Fsp3) is 0.375. The fourth-order valence-electron chi connectivity index (χ4n) is 4.77. The molecule has 0 saturated carbocycles. The summed E-state index contributed by atoms with van der Waals surface area (Å²) in [5.41, 5.74) is 11.7. The van der Waals surface area contributed by atoms with E-state index in [-0.39, 0.29) is 6.04 Å². The van der Waals surface area contributed by atoms with Crippen LogP contribution < -0.4 is 20.1 Å². The summed E-state index contributed by atoms with van der Waals surface area (Å²) in [6.07, 6.45) is 2.73. The third-order valence-electron chi connectivity index (χ3n) is 6.26. The molecule has 1 saturated heterocycles. The smallest absolute Gasteiger partial charge is 0.233 e. The number of pyridine rings is 1. The van der Waals surface area contributed by atoms with Gasteiger partial charge in [0.15, 0.2) is 0 Å². The van der Waals surface area contributed by atoms with Gasteiger partial charge in [0.25, 0.3) is 0 Å². The molecule has 5 rings (SSSR count). The van der Waals surface area contributed by atoms with Gasteiger partial charge < -0.3 is 20.1 Å². The van der Waals surface area contributed by atoms with Crippen molar-refractivity contribution in [1.29, 1.82) is 0 Å². The lowest BCUT2D eigenvalue weighted by molar-refractivity contribution is 0.290. The van der Waals surface area contributed by atoms with Gasteiger partial charge in [0.05, 0.1) is 13.3 Å². The molecular formula is C24H27N5O2. The summed E-state index contributed by atoms with van der Waals surface area (Å²) in [6.45, 7) is 5.85. The van der Waals surface area contributed by atoms with Crippen molar-refractivity contribution in [2.45, 2.75) is 39.0 Å². The van der Waals surface area contributed by atoms with Crippen molar-refractivity contribution in [3.8, 4) is 34.0 Å². The van der Waals surface area contributed by atoms with Crippen molar-refractivity contribution in [3.63, 3.8) is 0 Å². The summed E-state index contributed by atoms with van der Waals surface area (Å²) in [7, 11) is 1.59. The van der Waals surface area contributed by atoms with Crippen molar-refractivity contribution in [1.82, 2.24) is 15.2 Å². The van der Waals surface area contributed by atoms with E-state index in [1.54, 1.807) is 13.3 Å². The maximum atomic E-state index is 6.37. The zero-order valence-electron chi connectivity index (χ0n) is 18.1. The molecule has 160 valence electrons. The van der Waals surface area contributed by atoms with Crippen molar-refractivity contribution in [2.75, 3.05) is 18.6 Å². The highest BCUT2D eigenvalue weighted by molar-refractivity contribution is 5.78. The van der Waals surface area contributed by atoms with Gasteiger partial charge in [0, 0.05) is 35.8 Å². The molecule has 2 atom stereocenters. The molecule has 1 aromatic carbocycles. The molecule has 1 fully saturated rings. The summed E-state index contributed by atoms with van der Waals surface area (Å²) in [5.74, 6) is 2.60. The number of fused-ring (bicyclic) bond motifs is 3. The second kappa shape index (κ2) is 7.81. The van der Waals surface area contributed by atoms with Gasteiger partial charge in [0.1, 0.15) is 12.4 Å². The maximum Gasteiger partial charge on any atom is 0.233 e. The molecule has 0 spiro atoms. The molecule has 2 unspecified atom stereocenters. The van der Waals surface area contributed by atoms with Gasteiger partial charge in [0.2, 0.25) is 11.8 Å². The number of nitrogens with zero attached hydrogens (tertiary/aromatic N) is 4. The topological polar surface area (TPSA) is 86.4 Å². The number of anilines is 1. The van der Waals surface area contributed by atoms with Gasteiger partial charge in [-0.05, 0) is 47.2 Å². The van der Waals surface area contributed by atoms with Crippen LogP contribution in [-0.4, -0.2) is 40.9 Å².